The maximum Gasteiger partial charge on any atom is 0.408 e. The topological polar surface area (TPSA) is 154 Å². The van der Waals surface area contributed by atoms with Crippen LogP contribution in [0.3, 0.4) is 0 Å². The smallest absolute Gasteiger partial charge is 0.408 e. The Labute approximate surface area is 238 Å². The fourth-order valence-corrected chi connectivity index (χ4v) is 5.87. The number of ether oxygens (including phenoxy) is 2. The van der Waals surface area contributed by atoms with Crippen molar-refractivity contribution in [2.45, 2.75) is 70.5 Å². The third-order valence-corrected chi connectivity index (χ3v) is 8.19. The van der Waals surface area contributed by atoms with E-state index >= 15 is 0 Å². The highest BCUT2D eigenvalue weighted by Gasteiger charge is 2.34. The lowest BCUT2D eigenvalue weighted by Crippen LogP contribution is -2.48. The first-order valence-corrected chi connectivity index (χ1v) is 15.1. The molecule has 2 atom stereocenters. The highest BCUT2D eigenvalue weighted by atomic mass is 32.2. The van der Waals surface area contributed by atoms with Gasteiger partial charge in [-0.2, -0.15) is 4.31 Å². The largest absolute Gasteiger partial charge is 0.462 e. The summed E-state index contributed by atoms with van der Waals surface area (Å²) in [6, 6.07) is 13.6. The van der Waals surface area contributed by atoms with Crippen LogP contribution in [0.2, 0.25) is 0 Å². The Bertz CT molecular complexity index is 1160. The molecule has 0 aromatic heterocycles. The number of anilines is 1. The maximum atomic E-state index is 13.7. The molecule has 0 heterocycles. The fraction of sp³-hybridized carbons (Fsp3) is 0.517. The van der Waals surface area contributed by atoms with E-state index in [0.29, 0.717) is 31.5 Å². The number of alkyl carbamates (subject to hydrolysis) is 1. The number of nitrogens with two attached hydrogens (primary N) is 2. The number of nitrogens with zero attached hydrogens (tertiary/aromatic N) is 1. The van der Waals surface area contributed by atoms with Gasteiger partial charge in [-0.25, -0.2) is 18.0 Å². The van der Waals surface area contributed by atoms with Gasteiger partial charge in [-0.3, -0.25) is 0 Å². The number of hydrogen-bond donors (Lipinski definition) is 3. The third-order valence-electron chi connectivity index (χ3n) is 6.26. The van der Waals surface area contributed by atoms with Crippen LogP contribution in [-0.4, -0.2) is 56.6 Å². The minimum atomic E-state index is -3.92. The molecule has 1 unspecified atom stereocenters. The fourth-order valence-electron chi connectivity index (χ4n) is 4.07. The van der Waals surface area contributed by atoms with Crippen LogP contribution in [0.15, 0.2) is 59.5 Å². The molecule has 5 N–H and O–H groups in total. The van der Waals surface area contributed by atoms with Gasteiger partial charge in [0, 0.05) is 12.2 Å². The van der Waals surface area contributed by atoms with Crippen molar-refractivity contribution >= 4 is 27.8 Å². The van der Waals surface area contributed by atoms with E-state index < -0.39 is 34.2 Å². The predicted octanol–water partition coefficient (Wildman–Crippen LogP) is 3.91. The number of rotatable bonds is 16. The summed E-state index contributed by atoms with van der Waals surface area (Å²) in [7, 11) is -3.92. The highest BCUT2D eigenvalue weighted by molar-refractivity contribution is 7.89. The van der Waals surface area contributed by atoms with Gasteiger partial charge in [0.2, 0.25) is 10.0 Å². The number of sulfonamides is 1. The Kier molecular flexibility index (Phi) is 13.4. The molecule has 0 radical (unpaired) electrons. The molecule has 2 rings (SSSR count). The van der Waals surface area contributed by atoms with Gasteiger partial charge in [0.15, 0.2) is 0 Å². The average Bonchev–Trinajstić information content (AvgIpc) is 2.91. The second-order valence-corrected chi connectivity index (χ2v) is 12.4. The zero-order valence-corrected chi connectivity index (χ0v) is 24.7. The molecular weight excluding hydrogens is 532 g/mol. The van der Waals surface area contributed by atoms with E-state index in [1.54, 1.807) is 26.0 Å². The highest BCUT2D eigenvalue weighted by Crippen LogP contribution is 2.24. The molecule has 222 valence electrons. The summed E-state index contributed by atoms with van der Waals surface area (Å²) in [6.45, 7) is 7.98. The number of carbonyl (C=O) groups excluding carboxylic acids is 2. The van der Waals surface area contributed by atoms with Crippen molar-refractivity contribution in [1.82, 2.24) is 9.62 Å². The van der Waals surface area contributed by atoms with Crippen LogP contribution >= 0.6 is 0 Å². The summed E-state index contributed by atoms with van der Waals surface area (Å²) in [5.41, 5.74) is 12.7. The molecule has 0 saturated carbocycles. The summed E-state index contributed by atoms with van der Waals surface area (Å²) < 4.78 is 39.8. The zero-order chi connectivity index (χ0) is 29.7. The lowest BCUT2D eigenvalue weighted by atomic mass is 10.0. The van der Waals surface area contributed by atoms with Gasteiger partial charge >= 0.3 is 12.1 Å². The normalized spacial score (nSPS) is 13.3. The zero-order valence-electron chi connectivity index (χ0n) is 23.9. The van der Waals surface area contributed by atoms with Crippen LogP contribution in [0.5, 0.6) is 0 Å². The molecule has 10 nitrogen and oxygen atoms in total. The van der Waals surface area contributed by atoms with Gasteiger partial charge in [0.25, 0.3) is 0 Å². The van der Waals surface area contributed by atoms with E-state index in [9.17, 15) is 18.0 Å². The van der Waals surface area contributed by atoms with E-state index in [1.807, 2.05) is 44.2 Å². The van der Waals surface area contributed by atoms with Crippen molar-refractivity contribution < 1.29 is 27.5 Å². The van der Waals surface area contributed by atoms with E-state index in [0.717, 1.165) is 5.56 Å². The van der Waals surface area contributed by atoms with Crippen molar-refractivity contribution in [3.63, 3.8) is 0 Å². The Morgan fingerprint density at radius 1 is 0.950 bits per heavy atom. The van der Waals surface area contributed by atoms with Crippen molar-refractivity contribution in [2.24, 2.45) is 17.6 Å². The molecule has 0 bridgehead atoms. The standard InChI is InChI=1S/C29H44N4O6S/c1-21(2)18-33(40(36,37)26-15-13-24(31)14-16-26)25(12-8-9-17-30)20-38-28(34)27(22(3)4)32-29(35)39-19-23-10-6-5-7-11-23/h5-7,10-11,13-16,21-22,25,27H,8-9,12,17-20,30-31H2,1-4H3,(H,32,35)/t25?,27-/m0/s1. The minimum Gasteiger partial charge on any atom is -0.462 e. The molecule has 11 heteroatoms. The number of amides is 1. The van der Waals surface area contributed by atoms with Gasteiger partial charge in [0.1, 0.15) is 19.3 Å². The molecule has 0 aliphatic heterocycles. The lowest BCUT2D eigenvalue weighted by molar-refractivity contribution is -0.148. The summed E-state index contributed by atoms with van der Waals surface area (Å²) in [6.07, 6.45) is 1.06. The number of hydrogen-bond acceptors (Lipinski definition) is 8. The number of nitrogen functional groups attached to an aromatic ring is 1. The minimum absolute atomic E-state index is 0.0146. The second-order valence-electron chi connectivity index (χ2n) is 10.5. The SMILES string of the molecule is CC(C)CN(C(CCCCN)COC(=O)[C@@H](NC(=O)OCc1ccccc1)C(C)C)S(=O)(=O)c1ccc(N)cc1. The van der Waals surface area contributed by atoms with Crippen molar-refractivity contribution in [1.29, 1.82) is 0 Å². The lowest BCUT2D eigenvalue weighted by Gasteiger charge is -2.32. The molecule has 2 aromatic rings. The summed E-state index contributed by atoms with van der Waals surface area (Å²) in [5, 5.41) is 2.59. The average molecular weight is 577 g/mol. The number of carbonyl (C=O) groups is 2. The van der Waals surface area contributed by atoms with E-state index in [4.69, 9.17) is 20.9 Å². The van der Waals surface area contributed by atoms with Crippen LogP contribution in [0.1, 0.15) is 52.5 Å². The first-order valence-electron chi connectivity index (χ1n) is 13.7. The summed E-state index contributed by atoms with van der Waals surface area (Å²) in [4.78, 5) is 25.7. The molecule has 0 aliphatic carbocycles. The Hall–Kier alpha value is -3.15. The van der Waals surface area contributed by atoms with Crippen LogP contribution in [0.25, 0.3) is 0 Å². The molecule has 40 heavy (non-hydrogen) atoms. The van der Waals surface area contributed by atoms with Crippen molar-refractivity contribution in [3.8, 4) is 0 Å². The molecule has 2 aromatic carbocycles. The summed E-state index contributed by atoms with van der Waals surface area (Å²) in [5.74, 6) is -0.941. The van der Waals surface area contributed by atoms with Crippen LogP contribution in [-0.2, 0) is 30.9 Å². The second kappa shape index (κ2) is 16.2. The molecule has 0 aliphatic rings. The molecule has 0 spiro atoms. The number of esters is 1. The van der Waals surface area contributed by atoms with Gasteiger partial charge in [-0.05, 0) is 61.1 Å². The molecular formula is C29H44N4O6S. The quantitative estimate of drug-likeness (QED) is 0.154. The molecule has 0 fully saturated rings. The van der Waals surface area contributed by atoms with Crippen molar-refractivity contribution in [3.05, 3.63) is 60.2 Å². The van der Waals surface area contributed by atoms with Gasteiger partial charge in [-0.1, -0.05) is 64.4 Å². The maximum absolute atomic E-state index is 13.7. The van der Waals surface area contributed by atoms with Crippen molar-refractivity contribution in [2.75, 3.05) is 25.4 Å². The monoisotopic (exact) mass is 576 g/mol. The first-order chi connectivity index (χ1) is 18.9. The Morgan fingerprint density at radius 3 is 2.17 bits per heavy atom. The number of nitrogens with one attached hydrogen (secondary N) is 1. The van der Waals surface area contributed by atoms with Crippen LogP contribution in [0.4, 0.5) is 10.5 Å². The van der Waals surface area contributed by atoms with Gasteiger partial charge in [-0.15, -0.1) is 0 Å². The van der Waals surface area contributed by atoms with Crippen LogP contribution in [0, 0.1) is 11.8 Å². The molecule has 0 saturated heterocycles. The molecule has 1 amide bonds. The van der Waals surface area contributed by atoms with E-state index in [-0.39, 0.29) is 36.5 Å². The van der Waals surface area contributed by atoms with Gasteiger partial charge < -0.3 is 26.3 Å². The van der Waals surface area contributed by atoms with E-state index in [1.165, 1.54) is 16.4 Å². The third kappa shape index (κ3) is 10.4. The van der Waals surface area contributed by atoms with Gasteiger partial charge in [0.05, 0.1) is 10.9 Å². The predicted molar refractivity (Wildman–Crippen MR) is 156 cm³/mol. The van der Waals surface area contributed by atoms with E-state index in [2.05, 4.69) is 5.32 Å². The Morgan fingerprint density at radius 2 is 1.60 bits per heavy atom. The van der Waals surface area contributed by atoms with Crippen LogP contribution < -0.4 is 16.8 Å². The Balaban J connectivity index is 2.18. The number of unbranched alkanes of at least 4 members (excludes halogenated alkanes) is 1. The first kappa shape index (κ1) is 33.1. The summed E-state index contributed by atoms with van der Waals surface area (Å²) >= 11 is 0. The number of benzene rings is 2.